The van der Waals surface area contributed by atoms with Gasteiger partial charge in [0, 0.05) is 19.5 Å². The molecule has 0 aliphatic rings. The number of aliphatic hydroxyl groups is 1. The summed E-state index contributed by atoms with van der Waals surface area (Å²) in [5.74, 6) is 0.695. The first-order chi connectivity index (χ1) is 9.22. The second kappa shape index (κ2) is 8.63. The molecule has 1 aromatic rings. The minimum atomic E-state index is -0.207. The lowest BCUT2D eigenvalue weighted by Gasteiger charge is -2.20. The van der Waals surface area contributed by atoms with E-state index in [9.17, 15) is 4.79 Å². The number of aryl methyl sites for hydroxylation is 1. The van der Waals surface area contributed by atoms with E-state index in [1.54, 1.807) is 4.90 Å². The Kier molecular flexibility index (Phi) is 7.10. The molecule has 1 aromatic heterocycles. The highest BCUT2D eigenvalue weighted by molar-refractivity contribution is 5.90. The third-order valence-corrected chi connectivity index (χ3v) is 3.00. The predicted molar refractivity (Wildman–Crippen MR) is 72.9 cm³/mol. The lowest BCUT2D eigenvalue weighted by molar-refractivity contribution is 0.0706. The van der Waals surface area contributed by atoms with E-state index in [1.165, 1.54) is 6.42 Å². The van der Waals surface area contributed by atoms with Gasteiger partial charge in [0.15, 0.2) is 0 Å². The number of nitrogens with zero attached hydrogens (tertiary/aromatic N) is 3. The number of carbonyl (C=O) groups excluding carboxylic acids is 1. The standard InChI is InChI=1S/C13H24N4O2/c1-3-5-6-7-8-17(9-10-18)13(19)12-14-11(4-2)15-16-12/h18H,3-10H2,1-2H3,(H,14,15,16). The Balaban J connectivity index is 2.56. The minimum absolute atomic E-state index is 0.0371. The molecular weight excluding hydrogens is 244 g/mol. The van der Waals surface area contributed by atoms with Gasteiger partial charge in [-0.05, 0) is 6.42 Å². The van der Waals surface area contributed by atoms with Gasteiger partial charge in [0.05, 0.1) is 6.61 Å². The molecule has 0 unspecified atom stereocenters. The van der Waals surface area contributed by atoms with Gasteiger partial charge in [-0.25, -0.2) is 4.98 Å². The van der Waals surface area contributed by atoms with Crippen LogP contribution in [0.15, 0.2) is 0 Å². The van der Waals surface area contributed by atoms with Gasteiger partial charge in [0.25, 0.3) is 5.91 Å². The Morgan fingerprint density at radius 2 is 2.05 bits per heavy atom. The van der Waals surface area contributed by atoms with Crippen molar-refractivity contribution in [1.82, 2.24) is 20.1 Å². The van der Waals surface area contributed by atoms with Crippen LogP contribution < -0.4 is 0 Å². The van der Waals surface area contributed by atoms with Gasteiger partial charge in [0.1, 0.15) is 5.82 Å². The molecule has 0 aliphatic carbocycles. The average Bonchev–Trinajstić information content (AvgIpc) is 2.90. The minimum Gasteiger partial charge on any atom is -0.395 e. The molecule has 2 N–H and O–H groups in total. The molecule has 0 saturated carbocycles. The van der Waals surface area contributed by atoms with E-state index in [1.807, 2.05) is 6.92 Å². The second-order valence-corrected chi connectivity index (χ2v) is 4.54. The summed E-state index contributed by atoms with van der Waals surface area (Å²) < 4.78 is 0. The number of aliphatic hydroxyl groups excluding tert-OH is 1. The third-order valence-electron chi connectivity index (χ3n) is 3.00. The number of nitrogens with one attached hydrogen (secondary N) is 1. The first-order valence-electron chi connectivity index (χ1n) is 7.04. The van der Waals surface area contributed by atoms with Gasteiger partial charge in [-0.2, -0.15) is 0 Å². The zero-order chi connectivity index (χ0) is 14.1. The monoisotopic (exact) mass is 268 g/mol. The molecule has 19 heavy (non-hydrogen) atoms. The Morgan fingerprint density at radius 3 is 2.63 bits per heavy atom. The maximum absolute atomic E-state index is 12.2. The van der Waals surface area contributed by atoms with Crippen LogP contribution >= 0.6 is 0 Å². The Morgan fingerprint density at radius 1 is 1.26 bits per heavy atom. The fourth-order valence-electron chi connectivity index (χ4n) is 1.86. The van der Waals surface area contributed by atoms with Crippen LogP contribution in [0.1, 0.15) is 56.0 Å². The molecule has 0 spiro atoms. The van der Waals surface area contributed by atoms with Crippen LogP contribution in [-0.2, 0) is 6.42 Å². The smallest absolute Gasteiger partial charge is 0.293 e. The van der Waals surface area contributed by atoms with Crippen LogP contribution in [0.5, 0.6) is 0 Å². The third kappa shape index (κ3) is 4.98. The summed E-state index contributed by atoms with van der Waals surface area (Å²) >= 11 is 0. The van der Waals surface area contributed by atoms with E-state index in [2.05, 4.69) is 22.1 Å². The molecular formula is C13H24N4O2. The van der Waals surface area contributed by atoms with E-state index in [-0.39, 0.29) is 18.3 Å². The Bertz CT molecular complexity index is 378. The second-order valence-electron chi connectivity index (χ2n) is 4.54. The van der Waals surface area contributed by atoms with Crippen molar-refractivity contribution in [1.29, 1.82) is 0 Å². The lowest BCUT2D eigenvalue weighted by Crippen LogP contribution is -2.35. The van der Waals surface area contributed by atoms with Crippen molar-refractivity contribution in [2.75, 3.05) is 19.7 Å². The molecule has 0 fully saturated rings. The number of unbranched alkanes of at least 4 members (excludes halogenated alkanes) is 3. The van der Waals surface area contributed by atoms with Crippen molar-refractivity contribution in [3.8, 4) is 0 Å². The van der Waals surface area contributed by atoms with E-state index in [4.69, 9.17) is 5.11 Å². The number of H-pyrrole nitrogens is 1. The van der Waals surface area contributed by atoms with Gasteiger partial charge in [-0.15, -0.1) is 5.10 Å². The van der Waals surface area contributed by atoms with Gasteiger partial charge >= 0.3 is 0 Å². The number of aromatic nitrogens is 3. The zero-order valence-electron chi connectivity index (χ0n) is 11.9. The predicted octanol–water partition coefficient (Wildman–Crippen LogP) is 1.38. The van der Waals surface area contributed by atoms with Gasteiger partial charge in [-0.1, -0.05) is 33.1 Å². The highest BCUT2D eigenvalue weighted by Crippen LogP contribution is 2.05. The number of hydrogen-bond acceptors (Lipinski definition) is 4. The summed E-state index contributed by atoms with van der Waals surface area (Å²) in [6.07, 6.45) is 5.10. The SMILES string of the molecule is CCCCCCN(CCO)C(=O)c1n[nH]c(CC)n1. The molecule has 0 saturated heterocycles. The van der Waals surface area contributed by atoms with Crippen molar-refractivity contribution >= 4 is 5.91 Å². The summed E-state index contributed by atoms with van der Waals surface area (Å²) in [4.78, 5) is 18.0. The normalized spacial score (nSPS) is 10.7. The molecule has 0 aromatic carbocycles. The van der Waals surface area contributed by atoms with Crippen molar-refractivity contribution in [3.63, 3.8) is 0 Å². The van der Waals surface area contributed by atoms with E-state index < -0.39 is 0 Å². The van der Waals surface area contributed by atoms with Crippen LogP contribution in [-0.4, -0.2) is 50.8 Å². The van der Waals surface area contributed by atoms with Crippen molar-refractivity contribution < 1.29 is 9.90 Å². The number of carbonyl (C=O) groups is 1. The molecule has 1 heterocycles. The van der Waals surface area contributed by atoms with Gasteiger partial charge in [-0.3, -0.25) is 9.89 Å². The number of aromatic amines is 1. The quantitative estimate of drug-likeness (QED) is 0.663. The molecule has 1 amide bonds. The Hall–Kier alpha value is -1.43. The van der Waals surface area contributed by atoms with Crippen molar-refractivity contribution in [2.45, 2.75) is 46.0 Å². The fourth-order valence-corrected chi connectivity index (χ4v) is 1.86. The summed E-state index contributed by atoms with van der Waals surface area (Å²) in [6, 6.07) is 0. The maximum Gasteiger partial charge on any atom is 0.293 e. The highest BCUT2D eigenvalue weighted by Gasteiger charge is 2.19. The van der Waals surface area contributed by atoms with Crippen LogP contribution in [0.2, 0.25) is 0 Å². The van der Waals surface area contributed by atoms with Gasteiger partial charge in [0.2, 0.25) is 5.82 Å². The Labute approximate surface area is 114 Å². The molecule has 0 radical (unpaired) electrons. The van der Waals surface area contributed by atoms with Crippen molar-refractivity contribution in [2.24, 2.45) is 0 Å². The number of hydrogen-bond donors (Lipinski definition) is 2. The van der Waals surface area contributed by atoms with E-state index >= 15 is 0 Å². The maximum atomic E-state index is 12.2. The molecule has 0 bridgehead atoms. The van der Waals surface area contributed by atoms with Crippen LogP contribution in [0, 0.1) is 0 Å². The highest BCUT2D eigenvalue weighted by atomic mass is 16.3. The first-order valence-corrected chi connectivity index (χ1v) is 7.04. The van der Waals surface area contributed by atoms with Crippen LogP contribution in [0.25, 0.3) is 0 Å². The van der Waals surface area contributed by atoms with Crippen LogP contribution in [0.4, 0.5) is 0 Å². The molecule has 6 nitrogen and oxygen atoms in total. The van der Waals surface area contributed by atoms with Crippen LogP contribution in [0.3, 0.4) is 0 Å². The average molecular weight is 268 g/mol. The van der Waals surface area contributed by atoms with Crippen molar-refractivity contribution in [3.05, 3.63) is 11.6 Å². The van der Waals surface area contributed by atoms with E-state index in [0.717, 1.165) is 25.7 Å². The van der Waals surface area contributed by atoms with E-state index in [0.29, 0.717) is 18.9 Å². The largest absolute Gasteiger partial charge is 0.395 e. The first kappa shape index (κ1) is 15.6. The number of amides is 1. The molecule has 1 rings (SSSR count). The summed E-state index contributed by atoms with van der Waals surface area (Å²) in [5, 5.41) is 15.7. The summed E-state index contributed by atoms with van der Waals surface area (Å²) in [6.45, 7) is 5.04. The topological polar surface area (TPSA) is 82.1 Å². The molecule has 108 valence electrons. The lowest BCUT2D eigenvalue weighted by atomic mass is 10.2. The molecule has 0 atom stereocenters. The zero-order valence-corrected chi connectivity index (χ0v) is 11.9. The fraction of sp³-hybridized carbons (Fsp3) is 0.769. The summed E-state index contributed by atoms with van der Waals surface area (Å²) in [5.41, 5.74) is 0. The molecule has 0 aliphatic heterocycles. The number of rotatable bonds is 9. The summed E-state index contributed by atoms with van der Waals surface area (Å²) in [7, 11) is 0. The van der Waals surface area contributed by atoms with Gasteiger partial charge < -0.3 is 10.0 Å². The molecule has 6 heteroatoms.